The van der Waals surface area contributed by atoms with Crippen molar-refractivity contribution in [2.45, 2.75) is 26.7 Å². The lowest BCUT2D eigenvalue weighted by Crippen LogP contribution is -2.50. The molecule has 6 atom stereocenters. The van der Waals surface area contributed by atoms with Crippen molar-refractivity contribution in [2.75, 3.05) is 9.80 Å². The molecule has 2 aromatic carbocycles. The van der Waals surface area contributed by atoms with Gasteiger partial charge in [0.25, 0.3) is 0 Å². The summed E-state index contributed by atoms with van der Waals surface area (Å²) in [6, 6.07) is 12.4. The van der Waals surface area contributed by atoms with Gasteiger partial charge in [0.05, 0.1) is 35.0 Å². The van der Waals surface area contributed by atoms with Crippen LogP contribution in [0.15, 0.2) is 60.7 Å². The molecule has 1 saturated carbocycles. The van der Waals surface area contributed by atoms with E-state index >= 15 is 0 Å². The summed E-state index contributed by atoms with van der Waals surface area (Å²) in [5, 5.41) is 0. The van der Waals surface area contributed by atoms with Crippen molar-refractivity contribution >= 4 is 46.9 Å². The minimum absolute atomic E-state index is 0.168. The Labute approximate surface area is 229 Å². The van der Waals surface area contributed by atoms with E-state index in [1.54, 1.807) is 62.4 Å². The van der Waals surface area contributed by atoms with E-state index in [-0.39, 0.29) is 35.7 Å². The lowest BCUT2D eigenvalue weighted by atomic mass is 9.54. The molecule has 2 heterocycles. The Balaban J connectivity index is 1.31. The van der Waals surface area contributed by atoms with Crippen LogP contribution in [0.5, 0.6) is 11.5 Å². The van der Waals surface area contributed by atoms with Crippen molar-refractivity contribution in [1.82, 2.24) is 0 Å². The van der Waals surface area contributed by atoms with E-state index < -0.39 is 71.1 Å². The van der Waals surface area contributed by atoms with Crippen LogP contribution in [0.25, 0.3) is 0 Å². The third-order valence-corrected chi connectivity index (χ3v) is 8.20. The Kier molecular flexibility index (Phi) is 6.13. The van der Waals surface area contributed by atoms with Crippen molar-refractivity contribution < 1.29 is 38.2 Å². The van der Waals surface area contributed by atoms with Gasteiger partial charge in [-0.15, -0.1) is 0 Å². The van der Waals surface area contributed by atoms with E-state index in [0.29, 0.717) is 0 Å². The van der Waals surface area contributed by atoms with Crippen LogP contribution in [0.4, 0.5) is 11.4 Å². The molecule has 4 amide bonds. The Bertz CT molecular complexity index is 1360. The molecule has 0 aromatic heterocycles. The van der Waals surface area contributed by atoms with Gasteiger partial charge in [-0.2, -0.15) is 0 Å². The number of nitrogens with zero attached hydrogens (tertiary/aromatic N) is 2. The summed E-state index contributed by atoms with van der Waals surface area (Å²) in [6.45, 7) is 3.32. The highest BCUT2D eigenvalue weighted by Gasteiger charge is 2.68. The highest BCUT2D eigenvalue weighted by molar-refractivity contribution is 6.26. The number of benzene rings is 2. The lowest BCUT2D eigenvalue weighted by Gasteiger charge is -2.44. The van der Waals surface area contributed by atoms with Crippen LogP contribution < -0.4 is 19.3 Å². The van der Waals surface area contributed by atoms with Gasteiger partial charge in [0, 0.05) is 36.8 Å². The Morgan fingerprint density at radius 1 is 0.625 bits per heavy atom. The molecule has 2 bridgehead atoms. The smallest absolute Gasteiger partial charge is 0.310 e. The molecule has 204 valence electrons. The first kappa shape index (κ1) is 25.7. The molecule has 40 heavy (non-hydrogen) atoms. The van der Waals surface area contributed by atoms with Crippen molar-refractivity contribution in [3.8, 4) is 11.5 Å². The molecule has 10 heteroatoms. The topological polar surface area (TPSA) is 127 Å². The maximum Gasteiger partial charge on any atom is 0.310 e. The molecule has 10 nitrogen and oxygen atoms in total. The van der Waals surface area contributed by atoms with Crippen LogP contribution in [0.3, 0.4) is 0 Å². The monoisotopic (exact) mass is 542 g/mol. The average molecular weight is 543 g/mol. The fourth-order valence-electron chi connectivity index (χ4n) is 6.51. The molecule has 0 N–H and O–H groups in total. The maximum atomic E-state index is 13.7. The number of hydrogen-bond acceptors (Lipinski definition) is 8. The van der Waals surface area contributed by atoms with Crippen molar-refractivity contribution in [3.63, 3.8) is 0 Å². The second kappa shape index (κ2) is 9.55. The van der Waals surface area contributed by atoms with Crippen LogP contribution in [0.1, 0.15) is 26.7 Å². The highest BCUT2D eigenvalue weighted by Crippen LogP contribution is 2.58. The fourth-order valence-corrected chi connectivity index (χ4v) is 6.51. The second-order valence-electron chi connectivity index (χ2n) is 10.3. The summed E-state index contributed by atoms with van der Waals surface area (Å²) in [4.78, 5) is 80.6. The highest BCUT2D eigenvalue weighted by atomic mass is 16.5. The molecule has 2 unspecified atom stereocenters. The number of carbonyl (C=O) groups excluding carboxylic acids is 6. The summed E-state index contributed by atoms with van der Waals surface area (Å²) in [7, 11) is 0. The van der Waals surface area contributed by atoms with E-state index in [1.807, 2.05) is 0 Å². The molecule has 2 aliphatic heterocycles. The van der Waals surface area contributed by atoms with Crippen LogP contribution in [0.2, 0.25) is 0 Å². The number of rotatable bonds is 6. The van der Waals surface area contributed by atoms with Crippen LogP contribution >= 0.6 is 0 Å². The molecule has 0 radical (unpaired) electrons. The van der Waals surface area contributed by atoms with Crippen LogP contribution in [0, 0.1) is 35.5 Å². The van der Waals surface area contributed by atoms with E-state index in [1.165, 1.54) is 12.1 Å². The van der Waals surface area contributed by atoms with Gasteiger partial charge in [-0.3, -0.25) is 28.8 Å². The van der Waals surface area contributed by atoms with Gasteiger partial charge in [-0.1, -0.05) is 38.1 Å². The predicted octanol–water partition coefficient (Wildman–Crippen LogP) is 3.04. The quantitative estimate of drug-likeness (QED) is 0.236. The molecule has 3 aliphatic carbocycles. The van der Waals surface area contributed by atoms with Gasteiger partial charge in [0.15, 0.2) is 0 Å². The van der Waals surface area contributed by atoms with Crippen LogP contribution in [-0.4, -0.2) is 35.6 Å². The van der Waals surface area contributed by atoms with Gasteiger partial charge in [0.1, 0.15) is 11.5 Å². The first-order valence-electron chi connectivity index (χ1n) is 13.3. The first-order chi connectivity index (χ1) is 19.2. The molecule has 2 saturated heterocycles. The van der Waals surface area contributed by atoms with Crippen LogP contribution in [-0.2, 0) is 28.8 Å². The van der Waals surface area contributed by atoms with Crippen molar-refractivity contribution in [2.24, 2.45) is 35.5 Å². The molecule has 2 aromatic rings. The number of esters is 2. The minimum Gasteiger partial charge on any atom is -0.426 e. The zero-order valence-corrected chi connectivity index (χ0v) is 21.8. The zero-order chi connectivity index (χ0) is 28.3. The molecular weight excluding hydrogens is 516 g/mol. The number of carbonyl (C=O) groups is 6. The summed E-state index contributed by atoms with van der Waals surface area (Å²) in [5.41, 5.74) is 0.543. The van der Waals surface area contributed by atoms with Gasteiger partial charge in [-0.25, -0.2) is 9.80 Å². The van der Waals surface area contributed by atoms with Gasteiger partial charge >= 0.3 is 11.9 Å². The second-order valence-corrected chi connectivity index (χ2v) is 10.3. The number of imide groups is 2. The largest absolute Gasteiger partial charge is 0.426 e. The van der Waals surface area contributed by atoms with Gasteiger partial charge in [-0.05, 0) is 24.3 Å². The molecular formula is C30H26N2O8. The number of hydrogen-bond donors (Lipinski definition) is 0. The number of amides is 4. The molecule has 5 aliphatic rings. The molecule has 7 rings (SSSR count). The van der Waals surface area contributed by atoms with Gasteiger partial charge in [0.2, 0.25) is 23.6 Å². The standard InChI is InChI=1S/C30H26N2O8/c1-3-21(33)39-17-9-5-7-15(13-17)31-27(35)23-19-11-12-20(24(23)28(31)36)26-25(19)29(37)32(30(26)38)16-8-6-10-18(14-16)40-22(34)4-2/h5-14,19-20,23-26H,3-4H2,1-2H3/t19?,20?,23-,24+,25+,26-. The third kappa shape index (κ3) is 3.77. The number of ether oxygens (including phenoxy) is 2. The summed E-state index contributed by atoms with van der Waals surface area (Å²) < 4.78 is 10.5. The predicted molar refractivity (Wildman–Crippen MR) is 140 cm³/mol. The molecule has 0 spiro atoms. The van der Waals surface area contributed by atoms with E-state index in [4.69, 9.17) is 9.47 Å². The fraction of sp³-hybridized carbons (Fsp3) is 0.333. The van der Waals surface area contributed by atoms with E-state index in [0.717, 1.165) is 9.80 Å². The first-order valence-corrected chi connectivity index (χ1v) is 13.3. The lowest BCUT2D eigenvalue weighted by molar-refractivity contribution is -0.137. The van der Waals surface area contributed by atoms with E-state index in [2.05, 4.69) is 0 Å². The van der Waals surface area contributed by atoms with Crippen molar-refractivity contribution in [1.29, 1.82) is 0 Å². The number of allylic oxidation sites excluding steroid dienone is 2. The zero-order valence-electron chi connectivity index (χ0n) is 21.8. The van der Waals surface area contributed by atoms with Crippen molar-refractivity contribution in [3.05, 3.63) is 60.7 Å². The normalized spacial score (nSPS) is 28.1. The summed E-state index contributed by atoms with van der Waals surface area (Å²) in [6.07, 6.45) is 3.91. The maximum absolute atomic E-state index is 13.7. The third-order valence-electron chi connectivity index (χ3n) is 8.20. The van der Waals surface area contributed by atoms with Gasteiger partial charge < -0.3 is 9.47 Å². The molecule has 3 fully saturated rings. The Morgan fingerprint density at radius 2 is 0.975 bits per heavy atom. The van der Waals surface area contributed by atoms with E-state index in [9.17, 15) is 28.8 Å². The summed E-state index contributed by atoms with van der Waals surface area (Å²) >= 11 is 0. The number of anilines is 2. The Morgan fingerprint density at radius 3 is 1.30 bits per heavy atom. The summed E-state index contributed by atoms with van der Waals surface area (Å²) in [5.74, 6) is -6.69. The average Bonchev–Trinajstić information content (AvgIpc) is 3.40. The minimum atomic E-state index is -0.792. The SMILES string of the molecule is CCC(=O)Oc1cccc(N2C(=O)[C@@H]3C4C=CC([C@H]5C(=O)N(c6cccc(OC(=O)CC)c6)C(=O)[C@@H]45)[C@@H]3C2=O)c1. The Hall–Kier alpha value is -4.60.